The van der Waals surface area contributed by atoms with Gasteiger partial charge in [0.2, 0.25) is 0 Å². The number of aromatic carboxylic acids is 1. The van der Waals surface area contributed by atoms with Crippen LogP contribution in [0.1, 0.15) is 24.2 Å². The molecule has 0 saturated carbocycles. The number of halogens is 2. The summed E-state index contributed by atoms with van der Waals surface area (Å²) in [6.07, 6.45) is 0. The minimum absolute atomic E-state index is 0. The fourth-order valence-corrected chi connectivity index (χ4v) is 1.70. The Kier molecular flexibility index (Phi) is 7.54. The Labute approximate surface area is 146 Å². The van der Waals surface area contributed by atoms with Gasteiger partial charge in [0.05, 0.1) is 16.0 Å². The van der Waals surface area contributed by atoms with Crippen molar-refractivity contribution in [3.63, 3.8) is 0 Å². The second-order valence-corrected chi connectivity index (χ2v) is 4.14. The van der Waals surface area contributed by atoms with E-state index in [1.807, 2.05) is 0 Å². The molecular weight excluding hydrogens is 322 g/mol. The first kappa shape index (κ1) is 19.2. The number of hydrogen-bond acceptors (Lipinski definition) is 6. The van der Waals surface area contributed by atoms with E-state index in [0.29, 0.717) is 0 Å². The third kappa shape index (κ3) is 4.64. The molecule has 0 aromatic heterocycles. The molecule has 0 aliphatic carbocycles. The Morgan fingerprint density at radius 1 is 1.05 bits per heavy atom. The Morgan fingerprint density at radius 2 is 1.50 bits per heavy atom. The van der Waals surface area contributed by atoms with E-state index < -0.39 is 34.2 Å². The molecule has 0 unspecified atom stereocenters. The number of carboxylic acids is 1. The van der Waals surface area contributed by atoms with Gasteiger partial charge >= 0.3 is 41.5 Å². The van der Waals surface area contributed by atoms with Crippen molar-refractivity contribution in [1.82, 2.24) is 0 Å². The Morgan fingerprint density at radius 3 is 1.90 bits per heavy atom. The van der Waals surface area contributed by atoms with Crippen molar-refractivity contribution in [2.75, 3.05) is 0 Å². The predicted molar refractivity (Wildman–Crippen MR) is 63.4 cm³/mol. The van der Waals surface area contributed by atoms with Crippen LogP contribution < -0.4 is 44.1 Å². The average Bonchev–Trinajstić information content (AvgIpc) is 2.26. The number of esters is 2. The van der Waals surface area contributed by atoms with Gasteiger partial charge in [-0.1, -0.05) is 23.2 Å². The largest absolute Gasteiger partial charge is 1.00 e. The van der Waals surface area contributed by atoms with Crippen molar-refractivity contribution < 1.29 is 58.5 Å². The van der Waals surface area contributed by atoms with Crippen LogP contribution in [-0.2, 0) is 9.59 Å². The maximum absolute atomic E-state index is 11.0. The molecule has 0 bridgehead atoms. The molecule has 0 atom stereocenters. The SMILES string of the molecule is CC(=O)Oc1c(Cl)cc(C(=O)[O-])c(Cl)c1OC(C)=O.[Na+]. The van der Waals surface area contributed by atoms with Crippen LogP contribution in [0, 0.1) is 0 Å². The molecule has 0 spiro atoms. The van der Waals surface area contributed by atoms with E-state index in [1.165, 1.54) is 0 Å². The number of hydrogen-bond donors (Lipinski definition) is 0. The van der Waals surface area contributed by atoms with Gasteiger partial charge in [0, 0.05) is 19.4 Å². The van der Waals surface area contributed by atoms with Crippen molar-refractivity contribution in [3.8, 4) is 11.5 Å². The topological polar surface area (TPSA) is 92.7 Å². The van der Waals surface area contributed by atoms with E-state index in [2.05, 4.69) is 0 Å². The molecule has 1 aromatic rings. The van der Waals surface area contributed by atoms with Gasteiger partial charge in [-0.05, 0) is 6.07 Å². The van der Waals surface area contributed by atoms with Crippen molar-refractivity contribution in [1.29, 1.82) is 0 Å². The Balaban J connectivity index is 0.00000361. The quantitative estimate of drug-likeness (QED) is 0.370. The zero-order valence-corrected chi connectivity index (χ0v) is 14.3. The molecule has 0 aliphatic heterocycles. The van der Waals surface area contributed by atoms with Crippen LogP contribution in [0.4, 0.5) is 0 Å². The Hall–Kier alpha value is -0.790. The molecule has 0 N–H and O–H groups in total. The molecule has 20 heavy (non-hydrogen) atoms. The molecule has 1 rings (SSSR count). The summed E-state index contributed by atoms with van der Waals surface area (Å²) in [4.78, 5) is 32.8. The summed E-state index contributed by atoms with van der Waals surface area (Å²) >= 11 is 11.5. The summed E-state index contributed by atoms with van der Waals surface area (Å²) < 4.78 is 9.47. The average molecular weight is 329 g/mol. The van der Waals surface area contributed by atoms with Gasteiger partial charge in [-0.3, -0.25) is 9.59 Å². The van der Waals surface area contributed by atoms with Crippen LogP contribution in [0.25, 0.3) is 0 Å². The second-order valence-electron chi connectivity index (χ2n) is 3.35. The molecule has 0 amide bonds. The van der Waals surface area contributed by atoms with Crippen molar-refractivity contribution in [3.05, 3.63) is 21.7 Å². The van der Waals surface area contributed by atoms with E-state index in [1.54, 1.807) is 0 Å². The maximum Gasteiger partial charge on any atom is 1.00 e. The smallest absolute Gasteiger partial charge is 0.545 e. The van der Waals surface area contributed by atoms with Gasteiger partial charge in [-0.15, -0.1) is 0 Å². The van der Waals surface area contributed by atoms with Gasteiger partial charge in [0.1, 0.15) is 0 Å². The van der Waals surface area contributed by atoms with Gasteiger partial charge in [-0.2, -0.15) is 0 Å². The van der Waals surface area contributed by atoms with Crippen LogP contribution in [0.3, 0.4) is 0 Å². The monoisotopic (exact) mass is 328 g/mol. The van der Waals surface area contributed by atoms with Crippen molar-refractivity contribution in [2.24, 2.45) is 0 Å². The van der Waals surface area contributed by atoms with Crippen LogP contribution in [0.2, 0.25) is 10.0 Å². The molecule has 9 heteroatoms. The van der Waals surface area contributed by atoms with E-state index in [-0.39, 0.29) is 40.3 Å². The van der Waals surface area contributed by atoms with Crippen molar-refractivity contribution in [2.45, 2.75) is 13.8 Å². The zero-order chi connectivity index (χ0) is 14.7. The first-order valence-electron chi connectivity index (χ1n) is 4.84. The molecule has 6 nitrogen and oxygen atoms in total. The summed E-state index contributed by atoms with van der Waals surface area (Å²) in [6.45, 7) is 2.15. The number of ether oxygens (including phenoxy) is 2. The molecule has 0 saturated heterocycles. The molecule has 1 aromatic carbocycles. The third-order valence-electron chi connectivity index (χ3n) is 1.84. The van der Waals surface area contributed by atoms with E-state index >= 15 is 0 Å². The van der Waals surface area contributed by atoms with Crippen LogP contribution in [0.5, 0.6) is 11.5 Å². The number of benzene rings is 1. The van der Waals surface area contributed by atoms with Gasteiger partial charge in [0.15, 0.2) is 11.5 Å². The molecule has 0 aliphatic rings. The minimum Gasteiger partial charge on any atom is -0.545 e. The normalized spacial score (nSPS) is 9.40. The summed E-state index contributed by atoms with van der Waals surface area (Å²) in [5, 5.41) is 10.1. The molecule has 0 heterocycles. The summed E-state index contributed by atoms with van der Waals surface area (Å²) in [6, 6.07) is 0.935. The maximum atomic E-state index is 11.0. The van der Waals surface area contributed by atoms with Gasteiger partial charge in [0.25, 0.3) is 0 Å². The zero-order valence-electron chi connectivity index (χ0n) is 10.8. The number of carbonyl (C=O) groups excluding carboxylic acids is 3. The minimum atomic E-state index is -1.62. The summed E-state index contributed by atoms with van der Waals surface area (Å²) in [5.41, 5.74) is -0.487. The number of carbonyl (C=O) groups is 3. The first-order chi connectivity index (χ1) is 8.73. The van der Waals surface area contributed by atoms with Crippen LogP contribution >= 0.6 is 23.2 Å². The molecule has 0 fully saturated rings. The second kappa shape index (κ2) is 7.85. The van der Waals surface area contributed by atoms with Gasteiger partial charge < -0.3 is 19.4 Å². The van der Waals surface area contributed by atoms with E-state index in [9.17, 15) is 19.5 Å². The van der Waals surface area contributed by atoms with Crippen LogP contribution in [0.15, 0.2) is 6.07 Å². The molecular formula is C11H7Cl2NaO6. The van der Waals surface area contributed by atoms with Crippen LogP contribution in [-0.4, -0.2) is 17.9 Å². The van der Waals surface area contributed by atoms with E-state index in [0.717, 1.165) is 19.9 Å². The summed E-state index contributed by atoms with van der Waals surface area (Å²) in [7, 11) is 0. The van der Waals surface area contributed by atoms with E-state index in [4.69, 9.17) is 32.7 Å². The fourth-order valence-electron chi connectivity index (χ4n) is 1.21. The van der Waals surface area contributed by atoms with Gasteiger partial charge in [-0.25, -0.2) is 0 Å². The molecule has 102 valence electrons. The molecule has 0 radical (unpaired) electrons. The third-order valence-corrected chi connectivity index (χ3v) is 2.50. The number of carboxylic acid groups (broad SMARTS) is 1. The van der Waals surface area contributed by atoms with Crippen molar-refractivity contribution >= 4 is 41.1 Å². The summed E-state index contributed by atoms with van der Waals surface area (Å²) in [5.74, 6) is -3.93. The first-order valence-corrected chi connectivity index (χ1v) is 5.59. The fraction of sp³-hybridized carbons (Fsp3) is 0.182. The number of rotatable bonds is 3. The predicted octanol–water partition coefficient (Wildman–Crippen LogP) is -1.79. The standard InChI is InChI=1S/C11H8Cl2O6.Na/c1-4(14)18-9-7(12)3-6(11(16)17)8(13)10(9)19-5(2)15;/h3H,1-2H3,(H,16,17);/q;+1/p-1. The Bertz CT molecular complexity index is 573.